The Kier molecular flexibility index (Phi) is 8.81. The van der Waals surface area contributed by atoms with E-state index < -0.39 is 0 Å². The quantitative estimate of drug-likeness (QED) is 0.182. The molecule has 192 valence electrons. The van der Waals surface area contributed by atoms with Gasteiger partial charge in [-0.15, -0.1) is 12.4 Å². The number of nitrogens with zero attached hydrogens (tertiary/aromatic N) is 5. The number of halogens is 4. The Bertz CT molecular complexity index is 1380. The van der Waals surface area contributed by atoms with Crippen LogP contribution in [0, 0.1) is 5.82 Å². The molecular formula is C25H23Cl3FN7O. The first-order chi connectivity index (χ1) is 17.5. The van der Waals surface area contributed by atoms with Crippen LogP contribution in [0.1, 0.15) is 25.0 Å². The molecule has 1 aliphatic rings. The molecule has 0 saturated carbocycles. The van der Waals surface area contributed by atoms with E-state index in [1.807, 2.05) is 6.07 Å². The molecule has 4 aromatic rings. The molecule has 1 aliphatic heterocycles. The SMILES string of the molecule is Cl.Fc1ccc(Nc2nc(NN=Cc3ccc(-c4cccc(Cl)c4Cl)o3)nc(N3CCCCC3)n2)cc1. The maximum atomic E-state index is 13.3. The van der Waals surface area contributed by atoms with Gasteiger partial charge in [-0.1, -0.05) is 29.3 Å². The van der Waals surface area contributed by atoms with Crippen molar-refractivity contribution in [3.8, 4) is 11.3 Å². The monoisotopic (exact) mass is 561 g/mol. The van der Waals surface area contributed by atoms with Crippen LogP contribution in [0.4, 0.5) is 27.9 Å². The number of nitrogens with one attached hydrogen (secondary N) is 2. The molecule has 0 spiro atoms. The smallest absolute Gasteiger partial charge is 0.250 e. The van der Waals surface area contributed by atoms with Crippen molar-refractivity contribution in [3.05, 3.63) is 76.2 Å². The number of aromatic nitrogens is 3. The zero-order valence-electron chi connectivity index (χ0n) is 19.5. The fourth-order valence-electron chi connectivity index (χ4n) is 3.78. The van der Waals surface area contributed by atoms with Gasteiger partial charge in [0, 0.05) is 24.3 Å². The fraction of sp³-hybridized carbons (Fsp3) is 0.200. The second-order valence-corrected chi connectivity index (χ2v) is 8.92. The summed E-state index contributed by atoms with van der Waals surface area (Å²) in [5.74, 6) is 1.89. The Hall–Kier alpha value is -3.40. The van der Waals surface area contributed by atoms with Gasteiger partial charge in [0.15, 0.2) is 0 Å². The number of benzene rings is 2. The highest BCUT2D eigenvalue weighted by atomic mass is 35.5. The van der Waals surface area contributed by atoms with Gasteiger partial charge in [-0.05, 0) is 67.8 Å². The number of rotatable bonds is 7. The van der Waals surface area contributed by atoms with E-state index in [0.717, 1.165) is 25.9 Å². The lowest BCUT2D eigenvalue weighted by Gasteiger charge is -2.26. The standard InChI is InChI=1S/C25H22Cl2FN7O.ClH/c26-20-6-4-5-19(22(20)27)21-12-11-18(36-21)15-29-34-24-31-23(30-17-9-7-16(28)8-10-17)32-25(33-24)35-13-2-1-3-14-35;/h4-12,15H,1-3,13-14H2,(H2,30,31,32,33,34);1H. The number of hydrogen-bond acceptors (Lipinski definition) is 8. The number of hydrazone groups is 1. The predicted octanol–water partition coefficient (Wildman–Crippen LogP) is 7.18. The topological polar surface area (TPSA) is 91.5 Å². The maximum Gasteiger partial charge on any atom is 0.250 e. The predicted molar refractivity (Wildman–Crippen MR) is 148 cm³/mol. The third-order valence-corrected chi connectivity index (χ3v) is 6.38. The lowest BCUT2D eigenvalue weighted by molar-refractivity contribution is 0.568. The number of furan rings is 1. The van der Waals surface area contributed by atoms with Gasteiger partial charge in [-0.2, -0.15) is 20.1 Å². The number of hydrogen-bond donors (Lipinski definition) is 2. The van der Waals surface area contributed by atoms with E-state index in [-0.39, 0.29) is 24.2 Å². The molecule has 0 amide bonds. The summed E-state index contributed by atoms with van der Waals surface area (Å²) in [5, 5.41) is 8.20. The van der Waals surface area contributed by atoms with Crippen LogP contribution in [0.25, 0.3) is 11.3 Å². The summed E-state index contributed by atoms with van der Waals surface area (Å²) in [5.41, 5.74) is 4.20. The summed E-state index contributed by atoms with van der Waals surface area (Å²) in [6, 6.07) is 14.9. The molecule has 0 aliphatic carbocycles. The van der Waals surface area contributed by atoms with Crippen LogP contribution in [-0.4, -0.2) is 34.3 Å². The van der Waals surface area contributed by atoms with Crippen molar-refractivity contribution in [3.63, 3.8) is 0 Å². The van der Waals surface area contributed by atoms with Crippen molar-refractivity contribution in [2.75, 3.05) is 28.7 Å². The summed E-state index contributed by atoms with van der Waals surface area (Å²) in [6.07, 6.45) is 4.85. The summed E-state index contributed by atoms with van der Waals surface area (Å²) in [4.78, 5) is 15.6. The van der Waals surface area contributed by atoms with Crippen molar-refractivity contribution < 1.29 is 8.81 Å². The Balaban J connectivity index is 0.00000320. The van der Waals surface area contributed by atoms with Crippen LogP contribution < -0.4 is 15.6 Å². The average Bonchev–Trinajstić information content (AvgIpc) is 3.36. The minimum absolute atomic E-state index is 0. The van der Waals surface area contributed by atoms with Crippen LogP contribution in [0.2, 0.25) is 10.0 Å². The molecule has 0 bridgehead atoms. The summed E-state index contributed by atoms with van der Waals surface area (Å²) >= 11 is 12.4. The molecule has 3 heterocycles. The molecule has 1 saturated heterocycles. The highest BCUT2D eigenvalue weighted by molar-refractivity contribution is 6.43. The molecule has 0 atom stereocenters. The average molecular weight is 563 g/mol. The van der Waals surface area contributed by atoms with Gasteiger partial charge < -0.3 is 14.6 Å². The van der Waals surface area contributed by atoms with E-state index in [2.05, 4.69) is 35.7 Å². The van der Waals surface area contributed by atoms with Gasteiger partial charge in [-0.25, -0.2) is 9.82 Å². The molecule has 37 heavy (non-hydrogen) atoms. The van der Waals surface area contributed by atoms with Crippen LogP contribution in [0.15, 0.2) is 64.1 Å². The Labute approximate surface area is 229 Å². The highest BCUT2D eigenvalue weighted by Gasteiger charge is 2.17. The molecule has 8 nitrogen and oxygen atoms in total. The molecular weight excluding hydrogens is 540 g/mol. The largest absolute Gasteiger partial charge is 0.455 e. The molecule has 1 fully saturated rings. The van der Waals surface area contributed by atoms with E-state index in [0.29, 0.717) is 44.7 Å². The van der Waals surface area contributed by atoms with Crippen LogP contribution >= 0.6 is 35.6 Å². The summed E-state index contributed by atoms with van der Waals surface area (Å²) < 4.78 is 19.1. The van der Waals surface area contributed by atoms with Crippen molar-refractivity contribution in [1.82, 2.24) is 15.0 Å². The van der Waals surface area contributed by atoms with Crippen molar-refractivity contribution in [1.29, 1.82) is 0 Å². The lowest BCUT2D eigenvalue weighted by Crippen LogP contribution is -2.31. The van der Waals surface area contributed by atoms with Crippen molar-refractivity contribution in [2.24, 2.45) is 5.10 Å². The second-order valence-electron chi connectivity index (χ2n) is 8.14. The van der Waals surface area contributed by atoms with Crippen molar-refractivity contribution in [2.45, 2.75) is 19.3 Å². The molecule has 0 radical (unpaired) electrons. The normalized spacial score (nSPS) is 13.4. The van der Waals surface area contributed by atoms with Crippen LogP contribution in [0.3, 0.4) is 0 Å². The van der Waals surface area contributed by atoms with E-state index in [1.54, 1.807) is 36.4 Å². The van der Waals surface area contributed by atoms with Gasteiger partial charge >= 0.3 is 0 Å². The van der Waals surface area contributed by atoms with E-state index in [1.165, 1.54) is 24.8 Å². The molecule has 2 aromatic heterocycles. The summed E-state index contributed by atoms with van der Waals surface area (Å²) in [7, 11) is 0. The zero-order chi connectivity index (χ0) is 24.9. The minimum atomic E-state index is -0.319. The highest BCUT2D eigenvalue weighted by Crippen LogP contribution is 2.34. The molecule has 5 rings (SSSR count). The second kappa shape index (κ2) is 12.2. The lowest BCUT2D eigenvalue weighted by atomic mass is 10.1. The van der Waals surface area contributed by atoms with Crippen molar-refractivity contribution >= 4 is 65.4 Å². The molecule has 2 aromatic carbocycles. The number of anilines is 4. The first-order valence-electron chi connectivity index (χ1n) is 11.4. The van der Waals surface area contributed by atoms with E-state index >= 15 is 0 Å². The van der Waals surface area contributed by atoms with Gasteiger partial charge in [0.2, 0.25) is 17.8 Å². The first-order valence-corrected chi connectivity index (χ1v) is 12.2. The number of piperidine rings is 1. The van der Waals surface area contributed by atoms with Gasteiger partial charge in [0.25, 0.3) is 0 Å². The zero-order valence-corrected chi connectivity index (χ0v) is 21.8. The first kappa shape index (κ1) is 26.7. The Morgan fingerprint density at radius 2 is 1.68 bits per heavy atom. The van der Waals surface area contributed by atoms with Gasteiger partial charge in [-0.3, -0.25) is 0 Å². The van der Waals surface area contributed by atoms with E-state index in [9.17, 15) is 4.39 Å². The van der Waals surface area contributed by atoms with Crippen LogP contribution in [-0.2, 0) is 0 Å². The third kappa shape index (κ3) is 6.68. The van der Waals surface area contributed by atoms with E-state index in [4.69, 9.17) is 27.6 Å². The molecule has 0 unspecified atom stereocenters. The Morgan fingerprint density at radius 1 is 0.919 bits per heavy atom. The van der Waals surface area contributed by atoms with Gasteiger partial charge in [0.05, 0.1) is 16.3 Å². The van der Waals surface area contributed by atoms with Crippen LogP contribution in [0.5, 0.6) is 0 Å². The fourth-order valence-corrected chi connectivity index (χ4v) is 4.18. The molecule has 12 heteroatoms. The van der Waals surface area contributed by atoms with Gasteiger partial charge in [0.1, 0.15) is 17.3 Å². The maximum absolute atomic E-state index is 13.3. The Morgan fingerprint density at radius 3 is 2.46 bits per heavy atom. The minimum Gasteiger partial charge on any atom is -0.455 e. The summed E-state index contributed by atoms with van der Waals surface area (Å²) in [6.45, 7) is 1.73. The molecule has 2 N–H and O–H groups in total. The third-order valence-electron chi connectivity index (χ3n) is 5.56.